The molecule has 2 amide bonds. The lowest BCUT2D eigenvalue weighted by molar-refractivity contribution is -0.688. The number of anilines is 1. The van der Waals surface area contributed by atoms with Gasteiger partial charge in [-0.1, -0.05) is 5.16 Å². The number of nitrogens with two attached hydrogens (primary N) is 1. The van der Waals surface area contributed by atoms with Gasteiger partial charge in [0.15, 0.2) is 35.6 Å². The van der Waals surface area contributed by atoms with Crippen LogP contribution in [-0.4, -0.2) is 89.2 Å². The number of fused-ring (bicyclic) bond motifs is 1. The first-order valence-electron chi connectivity index (χ1n) is 12.3. The van der Waals surface area contributed by atoms with Crippen LogP contribution in [0.15, 0.2) is 46.3 Å². The van der Waals surface area contributed by atoms with E-state index < -0.39 is 29.2 Å². The number of aliphatic hydroxyl groups is 1. The molecule has 0 aliphatic carbocycles. The number of pyridine rings is 1. The Balaban J connectivity index is 1.34. The van der Waals surface area contributed by atoms with Crippen molar-refractivity contribution in [3.63, 3.8) is 0 Å². The Kier molecular flexibility index (Phi) is 8.00. The van der Waals surface area contributed by atoms with Crippen molar-refractivity contribution in [3.8, 4) is 11.4 Å². The Labute approximate surface area is 241 Å². The summed E-state index contributed by atoms with van der Waals surface area (Å²) in [6, 6.07) is 2.67. The van der Waals surface area contributed by atoms with Crippen LogP contribution in [0.3, 0.4) is 0 Å². The summed E-state index contributed by atoms with van der Waals surface area (Å²) in [5, 5.41) is 31.2. The molecule has 41 heavy (non-hydrogen) atoms. The van der Waals surface area contributed by atoms with Gasteiger partial charge >= 0.3 is 5.97 Å². The van der Waals surface area contributed by atoms with Crippen LogP contribution in [0.1, 0.15) is 11.5 Å². The molecule has 5 N–H and O–H groups in total. The maximum Gasteiger partial charge on any atom is 0.352 e. The van der Waals surface area contributed by atoms with E-state index in [1.54, 1.807) is 40.0 Å². The van der Waals surface area contributed by atoms with Crippen molar-refractivity contribution in [2.45, 2.75) is 31.4 Å². The van der Waals surface area contributed by atoms with E-state index in [9.17, 15) is 24.6 Å². The Morgan fingerprint density at radius 3 is 2.85 bits per heavy atom. The van der Waals surface area contributed by atoms with Crippen molar-refractivity contribution in [1.29, 1.82) is 0 Å². The summed E-state index contributed by atoms with van der Waals surface area (Å²) >= 11 is 2.47. The van der Waals surface area contributed by atoms with Crippen molar-refractivity contribution < 1.29 is 34.0 Å². The van der Waals surface area contributed by atoms with E-state index in [2.05, 4.69) is 25.5 Å². The molecule has 2 atom stereocenters. The first-order valence-corrected chi connectivity index (χ1v) is 14.2. The quantitative estimate of drug-likeness (QED) is 0.0998. The Bertz CT molecular complexity index is 1580. The van der Waals surface area contributed by atoms with Crippen LogP contribution in [0, 0.1) is 6.92 Å². The number of thiazole rings is 1. The summed E-state index contributed by atoms with van der Waals surface area (Å²) in [6.45, 7) is 2.26. The van der Waals surface area contributed by atoms with Crippen molar-refractivity contribution in [1.82, 2.24) is 30.0 Å². The molecule has 2 aliphatic rings. The number of thioether (sulfide) groups is 1. The van der Waals surface area contributed by atoms with E-state index >= 15 is 0 Å². The number of aliphatic carboxylic acids is 1. The normalized spacial score (nSPS) is 18.7. The van der Waals surface area contributed by atoms with Gasteiger partial charge in [-0.15, -0.1) is 23.1 Å². The number of rotatable bonds is 10. The fraction of sp³-hybridized carbons (Fsp3) is 0.333. The van der Waals surface area contributed by atoms with Gasteiger partial charge < -0.3 is 26.1 Å². The largest absolute Gasteiger partial charge is 0.477 e. The zero-order valence-corrected chi connectivity index (χ0v) is 23.6. The SMILES string of the molecule is CO/N=C(/C(=O)N[C@@H]1C(=O)N2C(C(=O)O)=C(C[n+]3cccc(-c4nc(C)n(CCO)n4)c3)CS[C@H]12)c1csc(N)n1. The van der Waals surface area contributed by atoms with Gasteiger partial charge in [-0.25, -0.2) is 24.0 Å². The molecule has 0 unspecified atom stereocenters. The van der Waals surface area contributed by atoms with Crippen molar-refractivity contribution in [2.24, 2.45) is 5.16 Å². The Morgan fingerprint density at radius 1 is 1.37 bits per heavy atom. The van der Waals surface area contributed by atoms with Gasteiger partial charge in [-0.2, -0.15) is 5.10 Å². The molecule has 2 aliphatic heterocycles. The number of hydrogen-bond acceptors (Lipinski definition) is 12. The van der Waals surface area contributed by atoms with E-state index in [1.165, 1.54) is 23.8 Å². The molecule has 5 heterocycles. The zero-order chi connectivity index (χ0) is 29.3. The van der Waals surface area contributed by atoms with Gasteiger partial charge in [0.25, 0.3) is 11.8 Å². The number of nitrogens with zero attached hydrogens (tertiary/aromatic N) is 7. The number of nitrogens with one attached hydrogen (secondary N) is 1. The van der Waals surface area contributed by atoms with Crippen LogP contribution >= 0.6 is 23.1 Å². The highest BCUT2D eigenvalue weighted by Gasteiger charge is 2.54. The summed E-state index contributed by atoms with van der Waals surface area (Å²) < 4.78 is 3.41. The third kappa shape index (κ3) is 5.50. The minimum Gasteiger partial charge on any atom is -0.477 e. The number of oxime groups is 1. The third-order valence-electron chi connectivity index (χ3n) is 6.36. The minimum absolute atomic E-state index is 0.0637. The molecule has 0 radical (unpaired) electrons. The summed E-state index contributed by atoms with van der Waals surface area (Å²) in [4.78, 5) is 52.9. The zero-order valence-electron chi connectivity index (χ0n) is 21.9. The number of aliphatic hydroxyl groups excluding tert-OH is 1. The molecule has 5 rings (SSSR count). The number of carboxylic acid groups (broad SMARTS) is 1. The molecule has 214 valence electrons. The van der Waals surface area contributed by atoms with E-state index in [4.69, 9.17) is 10.6 Å². The van der Waals surface area contributed by atoms with Crippen molar-refractivity contribution in [3.05, 3.63) is 52.7 Å². The number of carbonyl (C=O) groups excluding carboxylic acids is 2. The maximum atomic E-state index is 13.1. The first kappa shape index (κ1) is 28.2. The van der Waals surface area contributed by atoms with E-state index in [-0.39, 0.29) is 35.4 Å². The standard InChI is InChI=1S/C24H25N9O6S2/c1-12-26-19(29-32(12)6-7-34)13-4-3-5-31(8-13)9-14-10-40-22-17(21(36)33(22)18(14)23(37)38)28-20(35)16(30-39-2)15-11-41-24(25)27-15/h3-5,8,11,17,22,34H,6-7,9-10H2,1-2H3,(H3-,25,27,28,35,37,38)/p+1/b30-16+/t17-,22-/m1/s1. The smallest absolute Gasteiger partial charge is 0.352 e. The molecule has 3 aromatic rings. The monoisotopic (exact) mass is 600 g/mol. The fourth-order valence-electron chi connectivity index (χ4n) is 4.53. The third-order valence-corrected chi connectivity index (χ3v) is 8.37. The average Bonchev–Trinajstić information content (AvgIpc) is 3.55. The van der Waals surface area contributed by atoms with E-state index in [0.29, 0.717) is 35.1 Å². The second-order valence-electron chi connectivity index (χ2n) is 9.01. The van der Waals surface area contributed by atoms with Crippen LogP contribution in [0.2, 0.25) is 0 Å². The number of nitrogen functional groups attached to an aromatic ring is 1. The number of amides is 2. The molecule has 15 nitrogen and oxygen atoms in total. The lowest BCUT2D eigenvalue weighted by atomic mass is 10.0. The first-order chi connectivity index (χ1) is 19.7. The predicted octanol–water partition coefficient (Wildman–Crippen LogP) is -0.639. The van der Waals surface area contributed by atoms with E-state index in [1.807, 2.05) is 6.07 Å². The number of carboxylic acids is 1. The van der Waals surface area contributed by atoms with Crippen LogP contribution < -0.4 is 15.6 Å². The summed E-state index contributed by atoms with van der Waals surface area (Å²) in [7, 11) is 1.27. The second-order valence-corrected chi connectivity index (χ2v) is 11.0. The minimum atomic E-state index is -1.24. The van der Waals surface area contributed by atoms with E-state index in [0.717, 1.165) is 11.3 Å². The van der Waals surface area contributed by atoms with Crippen LogP contribution in [0.5, 0.6) is 0 Å². The molecule has 17 heteroatoms. The van der Waals surface area contributed by atoms with Gasteiger partial charge in [-0.3, -0.25) is 14.5 Å². The molecule has 3 aromatic heterocycles. The lowest BCUT2D eigenvalue weighted by Crippen LogP contribution is -2.71. The number of hydrogen-bond donors (Lipinski definition) is 4. The van der Waals surface area contributed by atoms with Crippen molar-refractivity contribution in [2.75, 3.05) is 25.2 Å². The molecule has 1 fully saturated rings. The second kappa shape index (κ2) is 11.6. The number of aromatic nitrogens is 5. The lowest BCUT2D eigenvalue weighted by Gasteiger charge is -2.49. The molecule has 1 saturated heterocycles. The average molecular weight is 601 g/mol. The highest BCUT2D eigenvalue weighted by molar-refractivity contribution is 8.00. The van der Waals surface area contributed by atoms with Gasteiger partial charge in [0, 0.05) is 22.8 Å². The summed E-state index contributed by atoms with van der Waals surface area (Å²) in [6.07, 6.45) is 3.58. The highest BCUT2D eigenvalue weighted by atomic mass is 32.2. The van der Waals surface area contributed by atoms with Crippen LogP contribution in [-0.2, 0) is 32.3 Å². The highest BCUT2D eigenvalue weighted by Crippen LogP contribution is 2.40. The predicted molar refractivity (Wildman–Crippen MR) is 147 cm³/mol. The van der Waals surface area contributed by atoms with Crippen LogP contribution in [0.25, 0.3) is 11.4 Å². The molecular formula is C24H26N9O6S2+. The molecule has 0 saturated carbocycles. The summed E-state index contributed by atoms with van der Waals surface area (Å²) in [5.74, 6) is -1.02. The van der Waals surface area contributed by atoms with Gasteiger partial charge in [-0.05, 0) is 13.0 Å². The summed E-state index contributed by atoms with van der Waals surface area (Å²) in [5.41, 5.74) is 6.85. The fourth-order valence-corrected chi connectivity index (χ4v) is 6.41. The molecular weight excluding hydrogens is 574 g/mol. The Morgan fingerprint density at radius 2 is 2.17 bits per heavy atom. The van der Waals surface area contributed by atoms with Crippen molar-refractivity contribution >= 4 is 51.7 Å². The number of carbonyl (C=O) groups is 3. The maximum absolute atomic E-state index is 13.1. The Hall–Kier alpha value is -4.35. The van der Waals surface area contributed by atoms with Crippen LogP contribution in [0.4, 0.5) is 5.13 Å². The molecule has 0 spiro atoms. The number of aryl methyl sites for hydroxylation is 1. The number of β-lactam (4-membered cyclic amide) rings is 1. The molecule has 0 bridgehead atoms. The molecule has 0 aromatic carbocycles. The topological polar surface area (TPSA) is 202 Å². The van der Waals surface area contributed by atoms with Gasteiger partial charge in [0.1, 0.15) is 35.7 Å². The van der Waals surface area contributed by atoms with Gasteiger partial charge in [0.05, 0.1) is 18.7 Å². The van der Waals surface area contributed by atoms with Gasteiger partial charge in [0.2, 0.25) is 0 Å².